The lowest BCUT2D eigenvalue weighted by molar-refractivity contribution is -0.273. The molecule has 2 atom stereocenters. The van der Waals surface area contributed by atoms with Crippen molar-refractivity contribution < 1.29 is 28.2 Å². The number of hydrogen-bond donors (Lipinski definition) is 2. The predicted octanol–water partition coefficient (Wildman–Crippen LogP) is 1.94. The summed E-state index contributed by atoms with van der Waals surface area (Å²) < 4.78 is 37.6. The molecule has 0 amide bonds. The van der Waals surface area contributed by atoms with Crippen molar-refractivity contribution in [2.75, 3.05) is 0 Å². The lowest BCUT2D eigenvalue weighted by Gasteiger charge is -2.31. The molecule has 0 aromatic carbocycles. The van der Waals surface area contributed by atoms with Crippen LogP contribution >= 0.6 is 0 Å². The Balaban J connectivity index is 2.68. The molecular formula is C9H13F3O3. The highest BCUT2D eigenvalue weighted by molar-refractivity contribution is 5.66. The van der Waals surface area contributed by atoms with E-state index in [1.165, 1.54) is 0 Å². The third-order valence-electron chi connectivity index (χ3n) is 2.98. The van der Waals surface area contributed by atoms with Gasteiger partial charge in [0.25, 0.3) is 0 Å². The third-order valence-corrected chi connectivity index (χ3v) is 2.98. The van der Waals surface area contributed by atoms with E-state index in [0.29, 0.717) is 6.42 Å². The second-order valence-corrected chi connectivity index (χ2v) is 3.94. The van der Waals surface area contributed by atoms with Crippen LogP contribution in [0.5, 0.6) is 0 Å². The molecule has 1 aliphatic rings. The molecule has 0 radical (unpaired) electrons. The van der Waals surface area contributed by atoms with Crippen LogP contribution < -0.4 is 0 Å². The first-order valence-electron chi connectivity index (χ1n) is 4.78. The van der Waals surface area contributed by atoms with Crippen LogP contribution in [0.15, 0.2) is 0 Å². The second-order valence-electron chi connectivity index (χ2n) is 3.94. The molecule has 1 rings (SSSR count). The van der Waals surface area contributed by atoms with Crippen LogP contribution in [0, 0.1) is 5.92 Å². The van der Waals surface area contributed by atoms with Crippen molar-refractivity contribution in [3.05, 3.63) is 0 Å². The van der Waals surface area contributed by atoms with E-state index < -0.39 is 23.7 Å². The van der Waals surface area contributed by atoms with Crippen molar-refractivity contribution in [1.82, 2.24) is 0 Å². The van der Waals surface area contributed by atoms with E-state index >= 15 is 0 Å². The maximum absolute atomic E-state index is 12.5. The minimum atomic E-state index is -4.66. The molecule has 0 heterocycles. The monoisotopic (exact) mass is 226 g/mol. The number of rotatable bonds is 3. The molecular weight excluding hydrogens is 213 g/mol. The molecule has 1 aliphatic carbocycles. The molecule has 0 spiro atoms. The zero-order valence-electron chi connectivity index (χ0n) is 8.05. The van der Waals surface area contributed by atoms with Crippen LogP contribution in [-0.2, 0) is 4.79 Å². The third kappa shape index (κ3) is 2.42. The summed E-state index contributed by atoms with van der Waals surface area (Å²) in [5, 5.41) is 17.9. The smallest absolute Gasteiger partial charge is 0.417 e. The van der Waals surface area contributed by atoms with Gasteiger partial charge in [-0.25, -0.2) is 0 Å². The van der Waals surface area contributed by atoms with Gasteiger partial charge in [0, 0.05) is 6.42 Å². The van der Waals surface area contributed by atoms with Crippen LogP contribution in [0.25, 0.3) is 0 Å². The Morgan fingerprint density at radius 1 is 1.47 bits per heavy atom. The number of carboxylic acids is 1. The van der Waals surface area contributed by atoms with E-state index in [-0.39, 0.29) is 25.7 Å². The minimum absolute atomic E-state index is 0.120. The maximum Gasteiger partial charge on any atom is 0.417 e. The molecule has 0 aliphatic heterocycles. The highest BCUT2D eigenvalue weighted by Gasteiger charge is 2.59. The summed E-state index contributed by atoms with van der Waals surface area (Å²) >= 11 is 0. The Hall–Kier alpha value is -0.780. The summed E-state index contributed by atoms with van der Waals surface area (Å²) in [5.41, 5.74) is -2.68. The van der Waals surface area contributed by atoms with Gasteiger partial charge >= 0.3 is 12.1 Å². The summed E-state index contributed by atoms with van der Waals surface area (Å²) in [6, 6.07) is 0. The maximum atomic E-state index is 12.5. The van der Waals surface area contributed by atoms with Gasteiger partial charge in [-0.3, -0.25) is 4.79 Å². The number of aliphatic carboxylic acids is 1. The minimum Gasteiger partial charge on any atom is -0.481 e. The van der Waals surface area contributed by atoms with E-state index in [4.69, 9.17) is 5.11 Å². The molecule has 2 unspecified atom stereocenters. The zero-order valence-corrected chi connectivity index (χ0v) is 8.05. The first-order valence-corrected chi connectivity index (χ1v) is 4.78. The molecule has 0 aromatic heterocycles. The number of alkyl halides is 3. The van der Waals surface area contributed by atoms with Crippen LogP contribution in [0.2, 0.25) is 0 Å². The standard InChI is InChI=1S/C9H13F3O3/c10-9(11,12)8(15)5-1-2-6(8)3-4-7(13)14/h6,15H,1-5H2,(H,13,14). The topological polar surface area (TPSA) is 57.5 Å². The summed E-state index contributed by atoms with van der Waals surface area (Å²) in [6.45, 7) is 0. The average Bonchev–Trinajstić information content (AvgIpc) is 2.43. The number of carbonyl (C=O) groups is 1. The van der Waals surface area contributed by atoms with Gasteiger partial charge in [-0.1, -0.05) is 0 Å². The number of carboxylic acid groups (broad SMARTS) is 1. The van der Waals surface area contributed by atoms with Crippen molar-refractivity contribution in [1.29, 1.82) is 0 Å². The SMILES string of the molecule is O=C(O)CCC1CCCC1(O)C(F)(F)F. The van der Waals surface area contributed by atoms with Gasteiger partial charge in [0.2, 0.25) is 0 Å². The average molecular weight is 226 g/mol. The predicted molar refractivity (Wildman–Crippen MR) is 45.2 cm³/mol. The highest BCUT2D eigenvalue weighted by Crippen LogP contribution is 2.48. The molecule has 0 saturated heterocycles. The number of aliphatic hydroxyl groups is 1. The number of halogens is 3. The first kappa shape index (κ1) is 12.3. The van der Waals surface area contributed by atoms with Gasteiger partial charge < -0.3 is 10.2 Å². The molecule has 1 saturated carbocycles. The lowest BCUT2D eigenvalue weighted by Crippen LogP contribution is -2.48. The van der Waals surface area contributed by atoms with E-state index in [1.807, 2.05) is 0 Å². The Labute approximate surface area is 84.9 Å². The van der Waals surface area contributed by atoms with Gasteiger partial charge in [0.1, 0.15) is 0 Å². The number of hydrogen-bond acceptors (Lipinski definition) is 2. The second kappa shape index (κ2) is 4.00. The van der Waals surface area contributed by atoms with E-state index in [9.17, 15) is 23.1 Å². The van der Waals surface area contributed by atoms with E-state index in [1.54, 1.807) is 0 Å². The lowest BCUT2D eigenvalue weighted by atomic mass is 9.86. The van der Waals surface area contributed by atoms with Crippen LogP contribution in [0.3, 0.4) is 0 Å². The fourth-order valence-electron chi connectivity index (χ4n) is 2.11. The fraction of sp³-hybridized carbons (Fsp3) is 0.889. The van der Waals surface area contributed by atoms with Gasteiger partial charge in [-0.15, -0.1) is 0 Å². The first-order chi connectivity index (χ1) is 6.77. The fourth-order valence-corrected chi connectivity index (χ4v) is 2.11. The molecule has 0 bridgehead atoms. The highest BCUT2D eigenvalue weighted by atomic mass is 19.4. The van der Waals surface area contributed by atoms with Gasteiger partial charge in [0.05, 0.1) is 0 Å². The summed E-state index contributed by atoms with van der Waals surface area (Å²) in [4.78, 5) is 10.3. The van der Waals surface area contributed by atoms with Crippen molar-refractivity contribution in [3.63, 3.8) is 0 Å². The molecule has 2 N–H and O–H groups in total. The Kier molecular flexibility index (Phi) is 3.28. The van der Waals surface area contributed by atoms with E-state index in [2.05, 4.69) is 0 Å². The van der Waals surface area contributed by atoms with Crippen molar-refractivity contribution in [2.24, 2.45) is 5.92 Å². The van der Waals surface area contributed by atoms with Crippen molar-refractivity contribution >= 4 is 5.97 Å². The Bertz CT molecular complexity index is 251. The van der Waals surface area contributed by atoms with Gasteiger partial charge in [0.15, 0.2) is 5.60 Å². The molecule has 3 nitrogen and oxygen atoms in total. The molecule has 88 valence electrons. The normalized spacial score (nSPS) is 31.9. The molecule has 1 fully saturated rings. The summed E-state index contributed by atoms with van der Waals surface area (Å²) in [6.07, 6.45) is -4.90. The Morgan fingerprint density at radius 3 is 2.53 bits per heavy atom. The largest absolute Gasteiger partial charge is 0.481 e. The zero-order chi connectivity index (χ0) is 11.7. The van der Waals surface area contributed by atoms with Gasteiger partial charge in [-0.2, -0.15) is 13.2 Å². The van der Waals surface area contributed by atoms with Gasteiger partial charge in [-0.05, 0) is 31.6 Å². The molecule has 6 heteroatoms. The summed E-state index contributed by atoms with van der Waals surface area (Å²) in [5.74, 6) is -2.11. The Morgan fingerprint density at radius 2 is 2.07 bits per heavy atom. The quantitative estimate of drug-likeness (QED) is 0.773. The van der Waals surface area contributed by atoms with Crippen LogP contribution in [0.1, 0.15) is 32.1 Å². The molecule has 15 heavy (non-hydrogen) atoms. The summed E-state index contributed by atoms with van der Waals surface area (Å²) in [7, 11) is 0. The van der Waals surface area contributed by atoms with Crippen LogP contribution in [0.4, 0.5) is 13.2 Å². The van der Waals surface area contributed by atoms with Crippen molar-refractivity contribution in [3.8, 4) is 0 Å². The molecule has 0 aromatic rings. The van der Waals surface area contributed by atoms with Crippen LogP contribution in [-0.4, -0.2) is 28.0 Å². The van der Waals surface area contributed by atoms with Crippen molar-refractivity contribution in [2.45, 2.75) is 43.9 Å². The van der Waals surface area contributed by atoms with E-state index in [0.717, 1.165) is 0 Å².